The Labute approximate surface area is 124 Å². The van der Waals surface area contributed by atoms with E-state index in [2.05, 4.69) is 23.5 Å². The summed E-state index contributed by atoms with van der Waals surface area (Å²) in [5.41, 5.74) is 0. The lowest BCUT2D eigenvalue weighted by Crippen LogP contribution is -2.55. The minimum atomic E-state index is 0.785. The van der Waals surface area contributed by atoms with Gasteiger partial charge in [0.1, 0.15) is 0 Å². The van der Waals surface area contributed by atoms with E-state index in [4.69, 9.17) is 0 Å². The summed E-state index contributed by atoms with van der Waals surface area (Å²) in [6, 6.07) is 2.56. The van der Waals surface area contributed by atoms with Crippen molar-refractivity contribution in [3.8, 4) is 0 Å². The van der Waals surface area contributed by atoms with E-state index in [-0.39, 0.29) is 0 Å². The minimum absolute atomic E-state index is 0.785. The molecular weight excluding hydrogens is 252 g/mol. The molecule has 0 aromatic carbocycles. The van der Waals surface area contributed by atoms with Crippen molar-refractivity contribution in [2.24, 2.45) is 0 Å². The number of hydrogen-bond acceptors (Lipinski definition) is 3. The van der Waals surface area contributed by atoms with E-state index in [0.29, 0.717) is 0 Å². The van der Waals surface area contributed by atoms with Crippen LogP contribution in [0.15, 0.2) is 0 Å². The molecule has 0 radical (unpaired) electrons. The summed E-state index contributed by atoms with van der Waals surface area (Å²) in [5.74, 6) is 1.35. The number of rotatable bonds is 8. The van der Waals surface area contributed by atoms with Crippen LogP contribution in [0.1, 0.15) is 57.8 Å². The normalized spacial score (nSPS) is 31.6. The second-order valence-corrected chi connectivity index (χ2v) is 7.33. The zero-order valence-electron chi connectivity index (χ0n) is 12.9. The molecule has 2 saturated heterocycles. The highest BCUT2D eigenvalue weighted by Gasteiger charge is 2.36. The van der Waals surface area contributed by atoms with Crippen molar-refractivity contribution in [3.05, 3.63) is 0 Å². The Bertz CT molecular complexity index is 233. The minimum Gasteiger partial charge on any atom is -0.317 e. The number of thioether (sulfide) groups is 1. The van der Waals surface area contributed by atoms with Crippen LogP contribution in [0.2, 0.25) is 0 Å². The van der Waals surface area contributed by atoms with Crippen molar-refractivity contribution in [1.29, 1.82) is 0 Å². The van der Waals surface area contributed by atoms with Crippen LogP contribution in [-0.2, 0) is 0 Å². The van der Waals surface area contributed by atoms with Crippen molar-refractivity contribution in [1.82, 2.24) is 10.2 Å². The standard InChI is InChI=1S/C16H32N2S/c1-17-14-12-15-8-7-9-16(13-14)18(15)10-5-3-4-6-11-19-2/h14-17H,3-13H2,1-2H3. The average molecular weight is 285 g/mol. The van der Waals surface area contributed by atoms with E-state index in [1.807, 2.05) is 11.8 Å². The first-order valence-electron chi connectivity index (χ1n) is 8.27. The quantitative estimate of drug-likeness (QED) is 0.687. The fourth-order valence-electron chi connectivity index (χ4n) is 3.97. The maximum absolute atomic E-state index is 3.51. The van der Waals surface area contributed by atoms with Crippen LogP contribution >= 0.6 is 11.8 Å². The van der Waals surface area contributed by atoms with E-state index < -0.39 is 0 Å². The van der Waals surface area contributed by atoms with Gasteiger partial charge >= 0.3 is 0 Å². The Kier molecular flexibility index (Phi) is 7.03. The fraction of sp³-hybridized carbons (Fsp3) is 1.00. The molecule has 0 saturated carbocycles. The number of hydrogen-bond donors (Lipinski definition) is 1. The summed E-state index contributed by atoms with van der Waals surface area (Å²) in [4.78, 5) is 2.87. The van der Waals surface area contributed by atoms with Crippen molar-refractivity contribution in [3.63, 3.8) is 0 Å². The lowest BCUT2D eigenvalue weighted by Gasteiger charge is -2.49. The van der Waals surface area contributed by atoms with Gasteiger partial charge in [0.25, 0.3) is 0 Å². The maximum atomic E-state index is 3.51. The molecule has 2 unspecified atom stereocenters. The zero-order valence-corrected chi connectivity index (χ0v) is 13.7. The third kappa shape index (κ3) is 4.64. The van der Waals surface area contributed by atoms with Crippen LogP contribution in [-0.4, -0.2) is 48.6 Å². The molecule has 2 heterocycles. The highest BCUT2D eigenvalue weighted by molar-refractivity contribution is 7.98. The highest BCUT2D eigenvalue weighted by atomic mass is 32.2. The molecule has 19 heavy (non-hydrogen) atoms. The van der Waals surface area contributed by atoms with Gasteiger partial charge in [0.15, 0.2) is 0 Å². The van der Waals surface area contributed by atoms with Crippen molar-refractivity contribution in [2.75, 3.05) is 25.6 Å². The van der Waals surface area contributed by atoms with Crippen LogP contribution in [0, 0.1) is 0 Å². The summed E-state index contributed by atoms with van der Waals surface area (Å²) in [6.45, 7) is 1.37. The first kappa shape index (κ1) is 15.7. The first-order chi connectivity index (χ1) is 9.35. The Morgan fingerprint density at radius 3 is 2.37 bits per heavy atom. The monoisotopic (exact) mass is 284 g/mol. The van der Waals surface area contributed by atoms with Crippen LogP contribution in [0.25, 0.3) is 0 Å². The second-order valence-electron chi connectivity index (χ2n) is 6.34. The highest BCUT2D eigenvalue weighted by Crippen LogP contribution is 2.34. The molecule has 2 rings (SSSR count). The molecule has 2 bridgehead atoms. The molecule has 2 fully saturated rings. The number of fused-ring (bicyclic) bond motifs is 2. The third-order valence-electron chi connectivity index (χ3n) is 5.05. The van der Waals surface area contributed by atoms with Gasteiger partial charge in [-0.25, -0.2) is 0 Å². The van der Waals surface area contributed by atoms with Crippen LogP contribution in [0.4, 0.5) is 0 Å². The average Bonchev–Trinajstić information content (AvgIpc) is 2.42. The molecule has 0 aliphatic carbocycles. The number of piperidine rings is 2. The molecule has 0 aromatic heterocycles. The fourth-order valence-corrected chi connectivity index (χ4v) is 4.47. The van der Waals surface area contributed by atoms with E-state index in [0.717, 1.165) is 18.1 Å². The Hall–Kier alpha value is 0.270. The van der Waals surface area contributed by atoms with Crippen LogP contribution in [0.3, 0.4) is 0 Å². The summed E-state index contributed by atoms with van der Waals surface area (Å²) >= 11 is 1.99. The molecule has 2 aliphatic rings. The van der Waals surface area contributed by atoms with Gasteiger partial charge in [0.2, 0.25) is 0 Å². The number of nitrogens with one attached hydrogen (secondary N) is 1. The van der Waals surface area contributed by atoms with Crippen molar-refractivity contribution >= 4 is 11.8 Å². The predicted octanol–water partition coefficient (Wildman–Crippen LogP) is 3.51. The molecule has 112 valence electrons. The van der Waals surface area contributed by atoms with E-state index in [1.165, 1.54) is 70.1 Å². The van der Waals surface area contributed by atoms with Crippen molar-refractivity contribution < 1.29 is 0 Å². The summed E-state index contributed by atoms with van der Waals surface area (Å²) < 4.78 is 0. The van der Waals surface area contributed by atoms with Gasteiger partial charge in [0.05, 0.1) is 0 Å². The summed E-state index contributed by atoms with van der Waals surface area (Å²) in [6.07, 6.45) is 15.1. The largest absolute Gasteiger partial charge is 0.317 e. The van der Waals surface area contributed by atoms with Gasteiger partial charge in [-0.15, -0.1) is 0 Å². The predicted molar refractivity (Wildman–Crippen MR) is 87.1 cm³/mol. The smallest absolute Gasteiger partial charge is 0.0113 e. The van der Waals surface area contributed by atoms with Gasteiger partial charge in [-0.1, -0.05) is 19.3 Å². The molecule has 2 atom stereocenters. The lowest BCUT2D eigenvalue weighted by molar-refractivity contribution is 0.0247. The molecular formula is C16H32N2S. The zero-order chi connectivity index (χ0) is 13.5. The molecule has 1 N–H and O–H groups in total. The van der Waals surface area contributed by atoms with E-state index in [1.54, 1.807) is 0 Å². The molecule has 3 heteroatoms. The first-order valence-corrected chi connectivity index (χ1v) is 9.66. The Morgan fingerprint density at radius 2 is 1.74 bits per heavy atom. The third-order valence-corrected chi connectivity index (χ3v) is 5.75. The maximum Gasteiger partial charge on any atom is 0.0113 e. The Balaban J connectivity index is 1.68. The molecule has 0 aromatic rings. The SMILES string of the molecule is CNC1CC2CCCC(C1)N2CCCCCCSC. The topological polar surface area (TPSA) is 15.3 Å². The van der Waals surface area contributed by atoms with Gasteiger partial charge < -0.3 is 5.32 Å². The van der Waals surface area contributed by atoms with Gasteiger partial charge in [-0.2, -0.15) is 11.8 Å². The van der Waals surface area contributed by atoms with E-state index >= 15 is 0 Å². The summed E-state index contributed by atoms with van der Waals surface area (Å²) in [7, 11) is 2.14. The van der Waals surface area contributed by atoms with E-state index in [9.17, 15) is 0 Å². The molecule has 0 amide bonds. The van der Waals surface area contributed by atoms with Gasteiger partial charge in [-0.3, -0.25) is 4.90 Å². The van der Waals surface area contributed by atoms with Crippen LogP contribution < -0.4 is 5.32 Å². The van der Waals surface area contributed by atoms with Gasteiger partial charge in [0, 0.05) is 18.1 Å². The second kappa shape index (κ2) is 8.53. The van der Waals surface area contributed by atoms with Crippen molar-refractivity contribution in [2.45, 2.75) is 75.9 Å². The van der Waals surface area contributed by atoms with Crippen LogP contribution in [0.5, 0.6) is 0 Å². The summed E-state index contributed by atoms with van der Waals surface area (Å²) in [5, 5.41) is 3.51. The molecule has 0 spiro atoms. The molecule has 2 aliphatic heterocycles. The number of nitrogens with zero attached hydrogens (tertiary/aromatic N) is 1. The Morgan fingerprint density at radius 1 is 1.05 bits per heavy atom. The number of unbranched alkanes of at least 4 members (excludes halogenated alkanes) is 3. The lowest BCUT2D eigenvalue weighted by atomic mass is 9.81. The molecule has 2 nitrogen and oxygen atoms in total. The van der Waals surface area contributed by atoms with Gasteiger partial charge in [-0.05, 0) is 64.1 Å².